The van der Waals surface area contributed by atoms with Gasteiger partial charge in [0.15, 0.2) is 0 Å². The van der Waals surface area contributed by atoms with Crippen LogP contribution in [0.2, 0.25) is 10.0 Å². The highest BCUT2D eigenvalue weighted by molar-refractivity contribution is 6.35. The molecule has 0 unspecified atom stereocenters. The van der Waals surface area contributed by atoms with Gasteiger partial charge in [0.25, 0.3) is 0 Å². The lowest BCUT2D eigenvalue weighted by atomic mass is 10.0. The average molecular weight is 299 g/mol. The van der Waals surface area contributed by atoms with Gasteiger partial charge in [-0.05, 0) is 30.3 Å². The fourth-order valence-corrected chi connectivity index (χ4v) is 2.07. The second-order valence-electron chi connectivity index (χ2n) is 3.81. The molecule has 0 aromatic heterocycles. The molecule has 0 radical (unpaired) electrons. The van der Waals surface area contributed by atoms with Gasteiger partial charge in [0.2, 0.25) is 0 Å². The van der Waals surface area contributed by atoms with Gasteiger partial charge in [-0.3, -0.25) is 0 Å². The maximum atomic E-state index is 14.0. The highest BCUT2D eigenvalue weighted by atomic mass is 35.5. The van der Waals surface area contributed by atoms with Gasteiger partial charge >= 0.3 is 5.97 Å². The third-order valence-electron chi connectivity index (χ3n) is 2.61. The second-order valence-corrected chi connectivity index (χ2v) is 4.65. The minimum absolute atomic E-state index is 0.141. The van der Waals surface area contributed by atoms with Crippen molar-refractivity contribution in [2.45, 2.75) is 0 Å². The number of benzene rings is 2. The van der Waals surface area contributed by atoms with E-state index in [1.807, 2.05) is 0 Å². The first-order valence-corrected chi connectivity index (χ1v) is 6.12. The lowest BCUT2D eigenvalue weighted by molar-refractivity contribution is 0.0600. The Morgan fingerprint density at radius 1 is 1.11 bits per heavy atom. The third kappa shape index (κ3) is 2.88. The van der Waals surface area contributed by atoms with E-state index in [1.165, 1.54) is 19.2 Å². The van der Waals surface area contributed by atoms with Crippen LogP contribution < -0.4 is 0 Å². The molecule has 0 atom stereocenters. The fraction of sp³-hybridized carbons (Fsp3) is 0.0714. The van der Waals surface area contributed by atoms with E-state index in [0.29, 0.717) is 15.6 Å². The van der Waals surface area contributed by atoms with Gasteiger partial charge in [-0.15, -0.1) is 0 Å². The second kappa shape index (κ2) is 5.59. The lowest BCUT2D eigenvalue weighted by Crippen LogP contribution is -2.02. The Balaban J connectivity index is 2.52. The maximum absolute atomic E-state index is 14.0. The van der Waals surface area contributed by atoms with Gasteiger partial charge in [0.05, 0.1) is 12.7 Å². The summed E-state index contributed by atoms with van der Waals surface area (Å²) in [7, 11) is 1.24. The molecule has 19 heavy (non-hydrogen) atoms. The van der Waals surface area contributed by atoms with Crippen LogP contribution in [0.1, 0.15) is 10.4 Å². The van der Waals surface area contributed by atoms with Crippen molar-refractivity contribution in [2.24, 2.45) is 0 Å². The van der Waals surface area contributed by atoms with Crippen molar-refractivity contribution < 1.29 is 13.9 Å². The molecule has 0 amide bonds. The third-order valence-corrected chi connectivity index (χ3v) is 3.17. The van der Waals surface area contributed by atoms with Crippen LogP contribution in [0.3, 0.4) is 0 Å². The molecule has 2 aromatic rings. The molecule has 0 aliphatic rings. The van der Waals surface area contributed by atoms with Gasteiger partial charge in [-0.25, -0.2) is 9.18 Å². The van der Waals surface area contributed by atoms with Crippen LogP contribution in [-0.4, -0.2) is 13.1 Å². The summed E-state index contributed by atoms with van der Waals surface area (Å²) in [5.74, 6) is -1.16. The van der Waals surface area contributed by atoms with Crippen LogP contribution >= 0.6 is 23.2 Å². The maximum Gasteiger partial charge on any atom is 0.337 e. The predicted octanol–water partition coefficient (Wildman–Crippen LogP) is 4.59. The van der Waals surface area contributed by atoms with E-state index in [9.17, 15) is 9.18 Å². The molecule has 0 saturated carbocycles. The SMILES string of the molecule is COC(=O)c1ccc(-c2cc(Cl)ccc2Cl)c(F)c1. The van der Waals surface area contributed by atoms with E-state index in [4.69, 9.17) is 23.2 Å². The van der Waals surface area contributed by atoms with E-state index in [1.54, 1.807) is 18.2 Å². The number of esters is 1. The highest BCUT2D eigenvalue weighted by Gasteiger charge is 2.13. The first-order valence-electron chi connectivity index (χ1n) is 5.36. The molecule has 98 valence electrons. The van der Waals surface area contributed by atoms with E-state index < -0.39 is 11.8 Å². The van der Waals surface area contributed by atoms with Crippen molar-refractivity contribution in [1.82, 2.24) is 0 Å². The molecule has 2 rings (SSSR count). The number of rotatable bonds is 2. The van der Waals surface area contributed by atoms with Crippen molar-refractivity contribution in [3.8, 4) is 11.1 Å². The minimum atomic E-state index is -0.595. The van der Waals surface area contributed by atoms with E-state index >= 15 is 0 Å². The molecular weight excluding hydrogens is 290 g/mol. The summed E-state index contributed by atoms with van der Waals surface area (Å²) in [5.41, 5.74) is 0.894. The zero-order valence-corrected chi connectivity index (χ0v) is 11.4. The number of carbonyl (C=O) groups excluding carboxylic acids is 1. The number of halogens is 3. The molecule has 0 N–H and O–H groups in total. The summed E-state index contributed by atoms with van der Waals surface area (Å²) in [5, 5.41) is 0.838. The van der Waals surface area contributed by atoms with E-state index in [-0.39, 0.29) is 11.1 Å². The minimum Gasteiger partial charge on any atom is -0.465 e. The van der Waals surface area contributed by atoms with Crippen molar-refractivity contribution >= 4 is 29.2 Å². The molecule has 2 aromatic carbocycles. The average Bonchev–Trinajstić information content (AvgIpc) is 2.41. The highest BCUT2D eigenvalue weighted by Crippen LogP contribution is 2.32. The molecule has 0 heterocycles. The monoisotopic (exact) mass is 298 g/mol. The standard InChI is InChI=1S/C14H9Cl2FO2/c1-19-14(18)8-2-4-10(13(17)6-8)11-7-9(15)3-5-12(11)16/h2-7H,1H3. The molecule has 0 aliphatic carbocycles. The Bertz CT molecular complexity index is 641. The molecule has 0 saturated heterocycles. The van der Waals surface area contributed by atoms with Crippen LogP contribution in [0.4, 0.5) is 4.39 Å². The summed E-state index contributed by atoms with van der Waals surface area (Å²) in [4.78, 5) is 11.3. The van der Waals surface area contributed by atoms with Crippen molar-refractivity contribution in [2.75, 3.05) is 7.11 Å². The van der Waals surface area contributed by atoms with Gasteiger partial charge in [0, 0.05) is 21.2 Å². The van der Waals surface area contributed by atoms with Crippen molar-refractivity contribution in [3.63, 3.8) is 0 Å². The van der Waals surface area contributed by atoms with E-state index in [0.717, 1.165) is 6.07 Å². The van der Waals surface area contributed by atoms with Crippen LogP contribution in [-0.2, 0) is 4.74 Å². The molecular formula is C14H9Cl2FO2. The van der Waals surface area contributed by atoms with Crippen LogP contribution in [0.25, 0.3) is 11.1 Å². The van der Waals surface area contributed by atoms with Gasteiger partial charge in [-0.2, -0.15) is 0 Å². The van der Waals surface area contributed by atoms with Gasteiger partial charge < -0.3 is 4.74 Å². The zero-order chi connectivity index (χ0) is 14.0. The van der Waals surface area contributed by atoms with Crippen molar-refractivity contribution in [1.29, 1.82) is 0 Å². The smallest absolute Gasteiger partial charge is 0.337 e. The summed E-state index contributed by atoms with van der Waals surface area (Å²) >= 11 is 11.9. The molecule has 2 nitrogen and oxygen atoms in total. The topological polar surface area (TPSA) is 26.3 Å². The summed E-state index contributed by atoms with van der Waals surface area (Å²) < 4.78 is 18.6. The number of hydrogen-bond donors (Lipinski definition) is 0. The number of hydrogen-bond acceptors (Lipinski definition) is 2. The first kappa shape index (κ1) is 13.8. The van der Waals surface area contributed by atoms with Crippen LogP contribution in [0.15, 0.2) is 36.4 Å². The molecule has 5 heteroatoms. The number of ether oxygens (including phenoxy) is 1. The predicted molar refractivity (Wildman–Crippen MR) is 73.2 cm³/mol. The summed E-state index contributed by atoms with van der Waals surface area (Å²) in [6.45, 7) is 0. The fourth-order valence-electron chi connectivity index (χ4n) is 1.68. The van der Waals surface area contributed by atoms with Gasteiger partial charge in [0.1, 0.15) is 5.82 Å². The Hall–Kier alpha value is -1.58. The normalized spacial score (nSPS) is 10.3. The van der Waals surface area contributed by atoms with Gasteiger partial charge in [-0.1, -0.05) is 29.3 Å². The largest absolute Gasteiger partial charge is 0.465 e. The molecule has 0 aliphatic heterocycles. The summed E-state index contributed by atoms with van der Waals surface area (Å²) in [6.07, 6.45) is 0. The number of carbonyl (C=O) groups is 1. The molecule has 0 fully saturated rings. The Labute approximate surface area is 119 Å². The van der Waals surface area contributed by atoms with Crippen LogP contribution in [0, 0.1) is 5.82 Å². The molecule has 0 bridgehead atoms. The quantitative estimate of drug-likeness (QED) is 0.758. The molecule has 0 spiro atoms. The van der Waals surface area contributed by atoms with E-state index in [2.05, 4.69) is 4.74 Å². The zero-order valence-electron chi connectivity index (χ0n) is 9.91. The first-order chi connectivity index (χ1) is 9.02. The number of methoxy groups -OCH3 is 1. The summed E-state index contributed by atoms with van der Waals surface area (Å²) in [6, 6.07) is 8.83. The van der Waals surface area contributed by atoms with Crippen LogP contribution in [0.5, 0.6) is 0 Å². The Morgan fingerprint density at radius 2 is 1.84 bits per heavy atom. The van der Waals surface area contributed by atoms with Crippen molar-refractivity contribution in [3.05, 3.63) is 57.8 Å². The Kier molecular flexibility index (Phi) is 4.08. The lowest BCUT2D eigenvalue weighted by Gasteiger charge is -2.08. The Morgan fingerprint density at radius 3 is 2.47 bits per heavy atom.